The molecule has 1 fully saturated rings. The lowest BCUT2D eigenvalue weighted by molar-refractivity contribution is -0.220. The van der Waals surface area contributed by atoms with Crippen LogP contribution in [-0.4, -0.2) is 98.3 Å². The molecule has 13 nitrogen and oxygen atoms in total. The van der Waals surface area contributed by atoms with E-state index in [0.717, 1.165) is 64.2 Å². The highest BCUT2D eigenvalue weighted by atomic mass is 31.2. The Hall–Kier alpha value is -1.41. The quantitative estimate of drug-likeness (QED) is 0.0159. The number of hydrogen-bond donors (Lipinski definition) is 6. The van der Waals surface area contributed by atoms with Gasteiger partial charge in [0.15, 0.2) is 6.10 Å². The number of ether oxygens (including phenoxy) is 2. The number of aliphatic hydroxyl groups is 5. The third-order valence-corrected chi connectivity index (χ3v) is 11.1. The molecule has 8 atom stereocenters. The minimum atomic E-state index is -5.11. The number of phosphoric ester groups is 1. The van der Waals surface area contributed by atoms with E-state index in [1.165, 1.54) is 77.0 Å². The monoisotopic (exact) mass is 809 g/mol. The van der Waals surface area contributed by atoms with Crippen LogP contribution in [0.5, 0.6) is 0 Å². The second-order valence-electron chi connectivity index (χ2n) is 15.2. The van der Waals surface area contributed by atoms with E-state index in [0.29, 0.717) is 12.8 Å². The summed E-state index contributed by atoms with van der Waals surface area (Å²) in [6.45, 7) is 3.26. The zero-order valence-electron chi connectivity index (χ0n) is 34.0. The standard InChI is InChI=1S/C41H77O13P/c1-3-5-7-9-11-13-15-17-18-20-21-23-25-27-29-34(42)51-31-33(53-35(43)30-28-26-24-22-19-16-14-12-10-8-6-4-2)32-52-55(49,50)54-41-39(47)37(45)36(44)38(46)40(41)48/h15,17,33,36-41,44-48H,3-14,16,18-32H2,1-2H3,(H,49,50)/b17-15-/t33-,36?,37-,38?,39?,40?,41?/m1/s1. The average Bonchev–Trinajstić information content (AvgIpc) is 3.16. The van der Waals surface area contributed by atoms with Crippen LogP contribution in [0.15, 0.2) is 12.2 Å². The Morgan fingerprint density at radius 1 is 0.545 bits per heavy atom. The summed E-state index contributed by atoms with van der Waals surface area (Å²) in [6.07, 6.45) is 18.5. The average molecular weight is 809 g/mol. The number of carbonyl (C=O) groups is 2. The van der Waals surface area contributed by atoms with Crippen LogP contribution in [0.4, 0.5) is 0 Å². The van der Waals surface area contributed by atoms with Gasteiger partial charge in [-0.2, -0.15) is 0 Å². The first-order valence-electron chi connectivity index (χ1n) is 21.5. The van der Waals surface area contributed by atoms with Gasteiger partial charge in [-0.05, 0) is 38.5 Å². The molecule has 6 N–H and O–H groups in total. The molecule has 0 saturated heterocycles. The van der Waals surface area contributed by atoms with Crippen LogP contribution < -0.4 is 0 Å². The lowest BCUT2D eigenvalue weighted by atomic mass is 9.85. The van der Waals surface area contributed by atoms with E-state index < -0.39 is 75.7 Å². The van der Waals surface area contributed by atoms with Crippen molar-refractivity contribution >= 4 is 19.8 Å². The van der Waals surface area contributed by atoms with Gasteiger partial charge in [-0.15, -0.1) is 0 Å². The summed E-state index contributed by atoms with van der Waals surface area (Å²) in [7, 11) is -5.11. The molecular weight excluding hydrogens is 731 g/mol. The highest BCUT2D eigenvalue weighted by molar-refractivity contribution is 7.47. The molecule has 1 aliphatic rings. The Bertz CT molecular complexity index is 1030. The Kier molecular flexibility index (Phi) is 30.5. The molecule has 0 aromatic rings. The van der Waals surface area contributed by atoms with E-state index in [9.17, 15) is 44.6 Å². The maximum absolute atomic E-state index is 12.8. The Labute approximate surface area is 331 Å². The van der Waals surface area contributed by atoms with Crippen molar-refractivity contribution in [3.05, 3.63) is 12.2 Å². The van der Waals surface area contributed by atoms with Crippen LogP contribution in [0.1, 0.15) is 181 Å². The van der Waals surface area contributed by atoms with Gasteiger partial charge in [0.25, 0.3) is 0 Å². The summed E-state index contributed by atoms with van der Waals surface area (Å²) in [5.41, 5.74) is 0. The number of hydrogen-bond acceptors (Lipinski definition) is 12. The second kappa shape index (κ2) is 32.5. The first-order chi connectivity index (χ1) is 26.4. The minimum Gasteiger partial charge on any atom is -0.462 e. The van der Waals surface area contributed by atoms with Crippen molar-refractivity contribution in [2.75, 3.05) is 13.2 Å². The predicted octanol–water partition coefficient (Wildman–Crippen LogP) is 7.50. The normalized spacial score (nSPS) is 23.1. The van der Waals surface area contributed by atoms with E-state index in [-0.39, 0.29) is 12.8 Å². The molecule has 6 unspecified atom stereocenters. The van der Waals surface area contributed by atoms with E-state index in [1.54, 1.807) is 0 Å². The molecule has 0 bridgehead atoms. The van der Waals surface area contributed by atoms with Crippen molar-refractivity contribution in [2.45, 2.75) is 224 Å². The predicted molar refractivity (Wildman–Crippen MR) is 212 cm³/mol. The Morgan fingerprint density at radius 3 is 1.38 bits per heavy atom. The SMILES string of the molecule is CCCCCCC/C=C\CCCCCCCC(=O)OC[C@H](COP(=O)(O)OC1C(O)C(O)C(O)[C@@H](O)C1O)OC(=O)CCCCCCCCCCCCCC. The summed E-state index contributed by atoms with van der Waals surface area (Å²) >= 11 is 0. The molecule has 1 saturated carbocycles. The molecule has 324 valence electrons. The van der Waals surface area contributed by atoms with Gasteiger partial charge in [0.1, 0.15) is 43.2 Å². The summed E-state index contributed by atoms with van der Waals surface area (Å²) in [5.74, 6) is -1.10. The molecule has 0 amide bonds. The van der Waals surface area contributed by atoms with Crippen molar-refractivity contribution in [1.29, 1.82) is 0 Å². The van der Waals surface area contributed by atoms with Crippen LogP contribution in [0.3, 0.4) is 0 Å². The molecule has 0 aromatic heterocycles. The molecular formula is C41H77O13P. The third kappa shape index (κ3) is 25.5. The van der Waals surface area contributed by atoms with Gasteiger partial charge in [0, 0.05) is 12.8 Å². The van der Waals surface area contributed by atoms with E-state index in [1.807, 2.05) is 0 Å². The molecule has 14 heteroatoms. The minimum absolute atomic E-state index is 0.0998. The maximum atomic E-state index is 12.8. The summed E-state index contributed by atoms with van der Waals surface area (Å²) in [4.78, 5) is 35.5. The van der Waals surface area contributed by atoms with Crippen molar-refractivity contribution in [3.63, 3.8) is 0 Å². The topological polar surface area (TPSA) is 210 Å². The first kappa shape index (κ1) is 51.6. The fourth-order valence-corrected chi connectivity index (χ4v) is 7.55. The highest BCUT2D eigenvalue weighted by Gasteiger charge is 2.51. The largest absolute Gasteiger partial charge is 0.472 e. The van der Waals surface area contributed by atoms with Crippen molar-refractivity contribution in [1.82, 2.24) is 0 Å². The molecule has 1 aliphatic carbocycles. The van der Waals surface area contributed by atoms with Crippen LogP contribution in [0.25, 0.3) is 0 Å². The van der Waals surface area contributed by atoms with Gasteiger partial charge >= 0.3 is 19.8 Å². The molecule has 0 heterocycles. The highest BCUT2D eigenvalue weighted by Crippen LogP contribution is 2.47. The molecule has 0 aliphatic heterocycles. The van der Waals surface area contributed by atoms with Gasteiger partial charge in [0.05, 0.1) is 6.61 Å². The van der Waals surface area contributed by atoms with E-state index >= 15 is 0 Å². The maximum Gasteiger partial charge on any atom is 0.472 e. The van der Waals surface area contributed by atoms with Gasteiger partial charge in [-0.25, -0.2) is 4.57 Å². The number of unbranched alkanes of at least 4 members (excludes halogenated alkanes) is 21. The molecule has 0 spiro atoms. The molecule has 55 heavy (non-hydrogen) atoms. The zero-order valence-corrected chi connectivity index (χ0v) is 34.9. The number of allylic oxidation sites excluding steroid dienone is 2. The summed E-state index contributed by atoms with van der Waals surface area (Å²) in [6, 6.07) is 0. The smallest absolute Gasteiger partial charge is 0.462 e. The molecule has 0 radical (unpaired) electrons. The number of carbonyl (C=O) groups excluding carboxylic acids is 2. The van der Waals surface area contributed by atoms with Gasteiger partial charge in [-0.3, -0.25) is 18.6 Å². The van der Waals surface area contributed by atoms with Gasteiger partial charge in [-0.1, -0.05) is 142 Å². The molecule has 0 aromatic carbocycles. The Morgan fingerprint density at radius 2 is 0.927 bits per heavy atom. The lowest BCUT2D eigenvalue weighted by Crippen LogP contribution is -2.64. The van der Waals surface area contributed by atoms with Crippen molar-refractivity contribution in [3.8, 4) is 0 Å². The third-order valence-electron chi connectivity index (χ3n) is 10.1. The van der Waals surface area contributed by atoms with E-state index in [4.69, 9.17) is 18.5 Å². The lowest BCUT2D eigenvalue weighted by Gasteiger charge is -2.41. The van der Waals surface area contributed by atoms with Crippen molar-refractivity contribution < 1.29 is 63.1 Å². The zero-order chi connectivity index (χ0) is 40.7. The summed E-state index contributed by atoms with van der Waals surface area (Å²) in [5, 5.41) is 50.0. The fraction of sp³-hybridized carbons (Fsp3) is 0.902. The number of esters is 2. The van der Waals surface area contributed by atoms with Crippen molar-refractivity contribution in [2.24, 2.45) is 0 Å². The second-order valence-corrected chi connectivity index (χ2v) is 16.6. The molecule has 1 rings (SSSR count). The first-order valence-corrected chi connectivity index (χ1v) is 23.0. The Balaban J connectivity index is 2.50. The number of rotatable bonds is 35. The van der Waals surface area contributed by atoms with Gasteiger partial charge < -0.3 is 39.9 Å². The van der Waals surface area contributed by atoms with Crippen LogP contribution in [0, 0.1) is 0 Å². The van der Waals surface area contributed by atoms with E-state index in [2.05, 4.69) is 26.0 Å². The number of aliphatic hydroxyl groups excluding tert-OH is 5. The fourth-order valence-electron chi connectivity index (χ4n) is 6.58. The summed E-state index contributed by atoms with van der Waals surface area (Å²) < 4.78 is 33.4. The number of phosphoric acid groups is 1. The van der Waals surface area contributed by atoms with Crippen LogP contribution in [0.2, 0.25) is 0 Å². The van der Waals surface area contributed by atoms with Crippen LogP contribution in [-0.2, 0) is 32.7 Å². The van der Waals surface area contributed by atoms with Crippen LogP contribution >= 0.6 is 7.82 Å². The van der Waals surface area contributed by atoms with Gasteiger partial charge in [0.2, 0.25) is 0 Å².